The summed E-state index contributed by atoms with van der Waals surface area (Å²) in [7, 11) is 0. The fourth-order valence-corrected chi connectivity index (χ4v) is 4.38. The number of carbonyl (C=O) groups excluding carboxylic acids is 2. The van der Waals surface area contributed by atoms with E-state index in [1.807, 2.05) is 26.8 Å². The predicted octanol–water partition coefficient (Wildman–Crippen LogP) is 3.49. The van der Waals surface area contributed by atoms with Crippen molar-refractivity contribution in [1.82, 2.24) is 5.32 Å². The molecule has 1 fully saturated rings. The third kappa shape index (κ3) is 5.10. The van der Waals surface area contributed by atoms with Gasteiger partial charge in [0.25, 0.3) is 5.91 Å². The molecule has 1 aliphatic rings. The van der Waals surface area contributed by atoms with Gasteiger partial charge in [-0.15, -0.1) is 0 Å². The molecule has 0 radical (unpaired) electrons. The van der Waals surface area contributed by atoms with Crippen molar-refractivity contribution in [3.05, 3.63) is 64.5 Å². The number of amides is 2. The van der Waals surface area contributed by atoms with Crippen molar-refractivity contribution in [1.29, 1.82) is 0 Å². The van der Waals surface area contributed by atoms with Gasteiger partial charge in [-0.25, -0.2) is 4.39 Å². The van der Waals surface area contributed by atoms with E-state index in [1.165, 1.54) is 6.07 Å². The molecule has 6 nitrogen and oxygen atoms in total. The number of aliphatic carboxylic acids is 1. The minimum Gasteiger partial charge on any atom is -0.480 e. The van der Waals surface area contributed by atoms with Crippen LogP contribution in [0.2, 0.25) is 0 Å². The Morgan fingerprint density at radius 1 is 1.19 bits per heavy atom. The van der Waals surface area contributed by atoms with Crippen LogP contribution in [0.15, 0.2) is 36.4 Å². The first-order valence-corrected chi connectivity index (χ1v) is 10.3. The molecule has 1 saturated heterocycles. The number of nitrogens with zero attached hydrogens (tertiary/aromatic N) is 1. The van der Waals surface area contributed by atoms with E-state index in [1.54, 1.807) is 29.2 Å². The molecule has 0 aromatic heterocycles. The summed E-state index contributed by atoms with van der Waals surface area (Å²) < 4.78 is 14.1. The van der Waals surface area contributed by atoms with E-state index in [-0.39, 0.29) is 23.6 Å². The number of carbonyl (C=O) groups is 3. The lowest BCUT2D eigenvalue weighted by atomic mass is 9.84. The van der Waals surface area contributed by atoms with E-state index in [2.05, 4.69) is 5.32 Å². The maximum Gasteiger partial charge on any atom is 0.322 e. The van der Waals surface area contributed by atoms with Crippen LogP contribution in [0.4, 0.5) is 10.1 Å². The molecule has 0 saturated carbocycles. The van der Waals surface area contributed by atoms with Crippen LogP contribution in [0, 0.1) is 31.5 Å². The highest BCUT2D eigenvalue weighted by Gasteiger charge is 2.34. The van der Waals surface area contributed by atoms with Crippen LogP contribution in [0.5, 0.6) is 0 Å². The molecule has 2 atom stereocenters. The number of halogens is 1. The van der Waals surface area contributed by atoms with Gasteiger partial charge in [-0.05, 0) is 67.5 Å². The summed E-state index contributed by atoms with van der Waals surface area (Å²) in [6, 6.07) is 10.0. The molecule has 0 bridgehead atoms. The van der Waals surface area contributed by atoms with Crippen LogP contribution in [-0.4, -0.2) is 36.0 Å². The predicted molar refractivity (Wildman–Crippen MR) is 116 cm³/mol. The first kappa shape index (κ1) is 22.5. The van der Waals surface area contributed by atoms with E-state index in [9.17, 15) is 18.8 Å². The van der Waals surface area contributed by atoms with Crippen LogP contribution >= 0.6 is 0 Å². The number of benzene rings is 2. The number of nitrogens with one attached hydrogen (secondary N) is 1. The van der Waals surface area contributed by atoms with Gasteiger partial charge >= 0.3 is 5.97 Å². The Kier molecular flexibility index (Phi) is 6.73. The van der Waals surface area contributed by atoms with E-state index in [4.69, 9.17) is 5.11 Å². The topological polar surface area (TPSA) is 86.7 Å². The fraction of sp³-hybridized carbons (Fsp3) is 0.375. The Labute approximate surface area is 181 Å². The monoisotopic (exact) mass is 426 g/mol. The van der Waals surface area contributed by atoms with Crippen LogP contribution < -0.4 is 10.2 Å². The van der Waals surface area contributed by atoms with E-state index in [0.717, 1.165) is 16.8 Å². The lowest BCUT2D eigenvalue weighted by Gasteiger charge is -2.38. The molecule has 7 heteroatoms. The second kappa shape index (κ2) is 9.29. The maximum absolute atomic E-state index is 14.1. The molecule has 2 amide bonds. The Morgan fingerprint density at radius 3 is 2.45 bits per heavy atom. The first-order chi connectivity index (χ1) is 14.7. The average molecular weight is 426 g/mol. The van der Waals surface area contributed by atoms with Crippen LogP contribution in [0.1, 0.15) is 40.4 Å². The largest absolute Gasteiger partial charge is 0.480 e. The molecule has 0 unspecified atom stereocenters. The molecule has 2 N–H and O–H groups in total. The maximum atomic E-state index is 14.1. The van der Waals surface area contributed by atoms with Gasteiger partial charge < -0.3 is 15.3 Å². The number of hydrogen-bond donors (Lipinski definition) is 2. The molecule has 1 heterocycles. The highest BCUT2D eigenvalue weighted by Crippen LogP contribution is 2.34. The van der Waals surface area contributed by atoms with Crippen LogP contribution in [0.25, 0.3) is 0 Å². The summed E-state index contributed by atoms with van der Waals surface area (Å²) in [6.45, 7) is 5.56. The standard InChI is InChI=1S/C24H27FN2O4/c1-14-9-19(23(30)26-12-21(28)29)10-15(2)22(14)27-13-17(8-16(3)24(27)31)11-18-6-4-5-7-20(18)25/h4-7,9-10,16-17H,8,11-13H2,1-3H3,(H,26,30)(H,28,29)/t16-,17-/m1/s1. The van der Waals surface area contributed by atoms with Crippen molar-refractivity contribution in [2.75, 3.05) is 18.0 Å². The summed E-state index contributed by atoms with van der Waals surface area (Å²) >= 11 is 0. The number of rotatable bonds is 6. The third-order valence-electron chi connectivity index (χ3n) is 5.71. The Balaban J connectivity index is 1.85. The summed E-state index contributed by atoms with van der Waals surface area (Å²) in [5.74, 6) is -1.89. The van der Waals surface area contributed by atoms with Crippen LogP contribution in [0.3, 0.4) is 0 Å². The quantitative estimate of drug-likeness (QED) is 0.740. The van der Waals surface area contributed by atoms with E-state index >= 15 is 0 Å². The summed E-state index contributed by atoms with van der Waals surface area (Å²) in [5, 5.41) is 11.1. The Morgan fingerprint density at radius 2 is 1.84 bits per heavy atom. The molecule has 2 aromatic carbocycles. The van der Waals surface area contributed by atoms with Gasteiger partial charge in [0.05, 0.1) is 0 Å². The number of carboxylic acids is 1. The lowest BCUT2D eigenvalue weighted by molar-refractivity contribution is -0.135. The third-order valence-corrected chi connectivity index (χ3v) is 5.71. The van der Waals surface area contributed by atoms with Gasteiger partial charge in [0, 0.05) is 23.7 Å². The van der Waals surface area contributed by atoms with Crippen molar-refractivity contribution in [2.24, 2.45) is 11.8 Å². The number of aryl methyl sites for hydroxylation is 2. The lowest BCUT2D eigenvalue weighted by Crippen LogP contribution is -2.46. The van der Waals surface area contributed by atoms with Gasteiger partial charge in [0.2, 0.25) is 5.91 Å². The Bertz CT molecular complexity index is 997. The summed E-state index contributed by atoms with van der Waals surface area (Å²) in [5.41, 5.74) is 3.26. The van der Waals surface area contributed by atoms with Crippen molar-refractivity contribution in [3.63, 3.8) is 0 Å². The minimum atomic E-state index is -1.12. The Hall–Kier alpha value is -3.22. The molecule has 0 aliphatic carbocycles. The van der Waals surface area contributed by atoms with Gasteiger partial charge in [-0.3, -0.25) is 14.4 Å². The van der Waals surface area contributed by atoms with E-state index in [0.29, 0.717) is 30.5 Å². The van der Waals surface area contributed by atoms with Crippen LogP contribution in [-0.2, 0) is 16.0 Å². The smallest absolute Gasteiger partial charge is 0.322 e. The van der Waals surface area contributed by atoms with Gasteiger partial charge in [-0.2, -0.15) is 0 Å². The molecule has 3 rings (SSSR count). The molecule has 2 aromatic rings. The number of piperidine rings is 1. The van der Waals surface area contributed by atoms with Gasteiger partial charge in [-0.1, -0.05) is 25.1 Å². The normalized spacial score (nSPS) is 18.7. The zero-order chi connectivity index (χ0) is 22.7. The van der Waals surface area contributed by atoms with Gasteiger partial charge in [0.15, 0.2) is 0 Å². The molecule has 0 spiro atoms. The number of hydrogen-bond acceptors (Lipinski definition) is 3. The van der Waals surface area contributed by atoms with Crippen molar-refractivity contribution < 1.29 is 23.9 Å². The zero-order valence-corrected chi connectivity index (χ0v) is 17.9. The number of carboxylic acid groups (broad SMARTS) is 1. The fourth-order valence-electron chi connectivity index (χ4n) is 4.38. The van der Waals surface area contributed by atoms with Crippen molar-refractivity contribution >= 4 is 23.5 Å². The van der Waals surface area contributed by atoms with E-state index < -0.39 is 18.4 Å². The first-order valence-electron chi connectivity index (χ1n) is 10.3. The van der Waals surface area contributed by atoms with Crippen molar-refractivity contribution in [3.8, 4) is 0 Å². The summed E-state index contributed by atoms with van der Waals surface area (Å²) in [6.07, 6.45) is 1.24. The second-order valence-electron chi connectivity index (χ2n) is 8.28. The molecular formula is C24H27FN2O4. The molecular weight excluding hydrogens is 399 g/mol. The SMILES string of the molecule is Cc1cc(C(=O)NCC(=O)O)cc(C)c1N1C[C@@H](Cc2ccccc2F)C[C@@H](C)C1=O. The minimum absolute atomic E-state index is 0.0130. The molecule has 1 aliphatic heterocycles. The molecule has 164 valence electrons. The van der Waals surface area contributed by atoms with Crippen molar-refractivity contribution in [2.45, 2.75) is 33.6 Å². The van der Waals surface area contributed by atoms with Gasteiger partial charge in [0.1, 0.15) is 12.4 Å². The summed E-state index contributed by atoms with van der Waals surface area (Å²) in [4.78, 5) is 37.7. The highest BCUT2D eigenvalue weighted by atomic mass is 19.1. The zero-order valence-electron chi connectivity index (χ0n) is 17.9. The highest BCUT2D eigenvalue weighted by molar-refractivity contribution is 6.00. The average Bonchev–Trinajstić information content (AvgIpc) is 2.70. The molecule has 31 heavy (non-hydrogen) atoms. The second-order valence-corrected chi connectivity index (χ2v) is 8.28. The number of anilines is 1.